The predicted molar refractivity (Wildman–Crippen MR) is 80.4 cm³/mol. The molecule has 3 nitrogen and oxygen atoms in total. The minimum Gasteiger partial charge on any atom is -0.377 e. The molecule has 19 heavy (non-hydrogen) atoms. The van der Waals surface area contributed by atoms with Gasteiger partial charge in [-0.3, -0.25) is 0 Å². The van der Waals surface area contributed by atoms with Crippen molar-refractivity contribution >= 4 is 0 Å². The maximum absolute atomic E-state index is 5.96. The molecule has 3 heteroatoms. The van der Waals surface area contributed by atoms with Gasteiger partial charge in [0.1, 0.15) is 0 Å². The Morgan fingerprint density at radius 3 is 2.63 bits per heavy atom. The summed E-state index contributed by atoms with van der Waals surface area (Å²) in [5, 5.41) is 3.57. The predicted octanol–water partition coefficient (Wildman–Crippen LogP) is 3.01. The van der Waals surface area contributed by atoms with Gasteiger partial charge in [0, 0.05) is 24.6 Å². The number of nitrogens with one attached hydrogen (secondary N) is 1. The summed E-state index contributed by atoms with van der Waals surface area (Å²) in [6.45, 7) is 17.9. The molecule has 112 valence electrons. The second kappa shape index (κ2) is 7.41. The summed E-state index contributed by atoms with van der Waals surface area (Å²) in [5.41, 5.74) is 1.30. The zero-order valence-electron chi connectivity index (χ0n) is 13.3. The average Bonchev–Trinajstić information content (AvgIpc) is 2.29. The minimum absolute atomic E-state index is 0.225. The van der Waals surface area contributed by atoms with Gasteiger partial charge in [-0.05, 0) is 19.3 Å². The van der Waals surface area contributed by atoms with Crippen molar-refractivity contribution in [2.45, 2.75) is 53.2 Å². The first-order valence-electron chi connectivity index (χ1n) is 7.41. The molecule has 1 rings (SSSR count). The van der Waals surface area contributed by atoms with Crippen LogP contribution in [0.15, 0.2) is 12.2 Å². The first-order valence-corrected chi connectivity index (χ1v) is 7.41. The Morgan fingerprint density at radius 2 is 2.11 bits per heavy atom. The monoisotopic (exact) mass is 269 g/mol. The van der Waals surface area contributed by atoms with Gasteiger partial charge >= 0.3 is 0 Å². The fourth-order valence-electron chi connectivity index (χ4n) is 2.37. The molecular weight excluding hydrogens is 238 g/mol. The highest BCUT2D eigenvalue weighted by Crippen LogP contribution is 2.42. The van der Waals surface area contributed by atoms with E-state index in [1.165, 1.54) is 0 Å². The number of ether oxygens (including phenoxy) is 2. The molecule has 0 aromatic carbocycles. The van der Waals surface area contributed by atoms with Crippen LogP contribution in [0.25, 0.3) is 0 Å². The van der Waals surface area contributed by atoms with E-state index in [0.29, 0.717) is 24.7 Å². The highest BCUT2D eigenvalue weighted by atomic mass is 16.5. The van der Waals surface area contributed by atoms with Crippen LogP contribution < -0.4 is 5.32 Å². The van der Waals surface area contributed by atoms with Gasteiger partial charge in [-0.25, -0.2) is 0 Å². The van der Waals surface area contributed by atoms with E-state index in [1.54, 1.807) is 0 Å². The summed E-state index contributed by atoms with van der Waals surface area (Å²) in [4.78, 5) is 0. The largest absolute Gasteiger partial charge is 0.377 e. The Balaban J connectivity index is 2.14. The third-order valence-corrected chi connectivity index (χ3v) is 3.79. The average molecular weight is 269 g/mol. The van der Waals surface area contributed by atoms with Crippen molar-refractivity contribution < 1.29 is 9.47 Å². The normalized spacial score (nSPS) is 25.4. The molecule has 0 aromatic heterocycles. The van der Waals surface area contributed by atoms with Crippen LogP contribution in [-0.2, 0) is 9.47 Å². The zero-order chi connectivity index (χ0) is 14.5. The molecule has 1 saturated carbocycles. The van der Waals surface area contributed by atoms with E-state index in [1.807, 2.05) is 6.92 Å². The Labute approximate surface area is 118 Å². The summed E-state index contributed by atoms with van der Waals surface area (Å²) in [5.74, 6) is 0.610. The van der Waals surface area contributed by atoms with Crippen molar-refractivity contribution in [3.8, 4) is 0 Å². The van der Waals surface area contributed by atoms with E-state index < -0.39 is 0 Å². The molecule has 0 radical (unpaired) electrons. The summed E-state index contributed by atoms with van der Waals surface area (Å²) in [7, 11) is 0. The van der Waals surface area contributed by atoms with Crippen LogP contribution in [0.5, 0.6) is 0 Å². The topological polar surface area (TPSA) is 30.5 Å². The third-order valence-electron chi connectivity index (χ3n) is 3.79. The van der Waals surface area contributed by atoms with Crippen molar-refractivity contribution in [3.63, 3.8) is 0 Å². The Bertz CT molecular complexity index is 286. The third kappa shape index (κ3) is 5.25. The molecule has 0 spiro atoms. The molecule has 1 fully saturated rings. The maximum Gasteiger partial charge on any atom is 0.0672 e. The molecule has 0 bridgehead atoms. The minimum atomic E-state index is 0.225. The van der Waals surface area contributed by atoms with Crippen LogP contribution in [0.3, 0.4) is 0 Å². The van der Waals surface area contributed by atoms with E-state index >= 15 is 0 Å². The van der Waals surface area contributed by atoms with E-state index in [2.05, 4.69) is 39.6 Å². The molecule has 2 atom stereocenters. The fourth-order valence-corrected chi connectivity index (χ4v) is 2.37. The van der Waals surface area contributed by atoms with Crippen molar-refractivity contribution in [2.75, 3.05) is 26.4 Å². The standard InChI is InChI=1S/C16H31NO2/c1-12(2)10-18-8-7-17-14-9-15(16(14,5)6)19-11-13(3)4/h13-15,17H,1,7-11H2,2-6H3. The van der Waals surface area contributed by atoms with Gasteiger partial charge in [0.2, 0.25) is 0 Å². The molecule has 0 aliphatic heterocycles. The van der Waals surface area contributed by atoms with Crippen molar-refractivity contribution in [2.24, 2.45) is 11.3 Å². The van der Waals surface area contributed by atoms with Gasteiger partial charge in [-0.15, -0.1) is 0 Å². The van der Waals surface area contributed by atoms with Gasteiger partial charge in [0.25, 0.3) is 0 Å². The van der Waals surface area contributed by atoms with Crippen LogP contribution in [0.2, 0.25) is 0 Å². The van der Waals surface area contributed by atoms with Crippen molar-refractivity contribution in [3.05, 3.63) is 12.2 Å². The van der Waals surface area contributed by atoms with E-state index in [9.17, 15) is 0 Å². The molecule has 0 amide bonds. The number of hydrogen-bond donors (Lipinski definition) is 1. The Morgan fingerprint density at radius 1 is 1.42 bits per heavy atom. The van der Waals surface area contributed by atoms with E-state index in [-0.39, 0.29) is 5.41 Å². The number of rotatable bonds is 9. The van der Waals surface area contributed by atoms with Crippen molar-refractivity contribution in [1.82, 2.24) is 5.32 Å². The lowest BCUT2D eigenvalue weighted by molar-refractivity contribution is -0.124. The van der Waals surface area contributed by atoms with Crippen molar-refractivity contribution in [1.29, 1.82) is 0 Å². The maximum atomic E-state index is 5.96. The van der Waals surface area contributed by atoms with Crippen LogP contribution in [0.4, 0.5) is 0 Å². The fraction of sp³-hybridized carbons (Fsp3) is 0.875. The zero-order valence-corrected chi connectivity index (χ0v) is 13.3. The lowest BCUT2D eigenvalue weighted by Crippen LogP contribution is -2.61. The summed E-state index contributed by atoms with van der Waals surface area (Å²) < 4.78 is 11.5. The smallest absolute Gasteiger partial charge is 0.0672 e. The molecule has 0 saturated heterocycles. The van der Waals surface area contributed by atoms with Crippen LogP contribution in [0, 0.1) is 11.3 Å². The van der Waals surface area contributed by atoms with Gasteiger partial charge in [0.05, 0.1) is 19.3 Å². The van der Waals surface area contributed by atoms with E-state index in [0.717, 1.165) is 31.8 Å². The molecule has 1 N–H and O–H groups in total. The quantitative estimate of drug-likeness (QED) is 0.515. The lowest BCUT2D eigenvalue weighted by Gasteiger charge is -2.52. The molecule has 2 unspecified atom stereocenters. The molecular formula is C16H31NO2. The lowest BCUT2D eigenvalue weighted by atomic mass is 9.64. The summed E-state index contributed by atoms with van der Waals surface area (Å²) in [6, 6.07) is 0.540. The highest BCUT2D eigenvalue weighted by molar-refractivity contribution is 5.02. The van der Waals surface area contributed by atoms with Gasteiger partial charge in [0.15, 0.2) is 0 Å². The Hall–Kier alpha value is -0.380. The molecule has 1 aliphatic carbocycles. The van der Waals surface area contributed by atoms with Gasteiger partial charge in [-0.1, -0.05) is 39.8 Å². The second-order valence-corrected chi connectivity index (χ2v) is 6.79. The SMILES string of the molecule is C=C(C)COCCNC1CC(OCC(C)C)C1(C)C. The number of hydrogen-bond acceptors (Lipinski definition) is 3. The second-order valence-electron chi connectivity index (χ2n) is 6.79. The van der Waals surface area contributed by atoms with Gasteiger partial charge < -0.3 is 14.8 Å². The summed E-state index contributed by atoms with van der Waals surface area (Å²) >= 11 is 0. The van der Waals surface area contributed by atoms with Gasteiger partial charge in [-0.2, -0.15) is 0 Å². The molecule has 1 aliphatic rings. The Kier molecular flexibility index (Phi) is 6.51. The molecule has 0 heterocycles. The summed E-state index contributed by atoms with van der Waals surface area (Å²) in [6.07, 6.45) is 1.50. The van der Waals surface area contributed by atoms with E-state index in [4.69, 9.17) is 9.47 Å². The molecule has 0 aromatic rings. The first kappa shape index (κ1) is 16.7. The highest BCUT2D eigenvalue weighted by Gasteiger charge is 2.48. The van der Waals surface area contributed by atoms with Crippen LogP contribution in [-0.4, -0.2) is 38.5 Å². The van der Waals surface area contributed by atoms with Crippen LogP contribution >= 0.6 is 0 Å². The first-order chi connectivity index (χ1) is 8.84. The van der Waals surface area contributed by atoms with Crippen LogP contribution in [0.1, 0.15) is 41.0 Å².